The van der Waals surface area contributed by atoms with E-state index in [0.717, 1.165) is 25.9 Å². The van der Waals surface area contributed by atoms with Gasteiger partial charge < -0.3 is 0 Å². The second kappa shape index (κ2) is 9.64. The van der Waals surface area contributed by atoms with E-state index in [2.05, 4.69) is 98.0 Å². The highest BCUT2D eigenvalue weighted by atomic mass is 14.9. The van der Waals surface area contributed by atoms with Gasteiger partial charge in [-0.15, -0.1) is 0 Å². The van der Waals surface area contributed by atoms with E-state index < -0.39 is 0 Å². The number of hydrogen-bond donors (Lipinski definition) is 0. The van der Waals surface area contributed by atoms with Gasteiger partial charge in [0.1, 0.15) is 13.1 Å². The van der Waals surface area contributed by atoms with Crippen LogP contribution in [-0.4, -0.2) is 0 Å². The second-order valence-corrected chi connectivity index (χ2v) is 8.23. The number of benzene rings is 1. The van der Waals surface area contributed by atoms with Crippen molar-refractivity contribution >= 4 is 0 Å². The summed E-state index contributed by atoms with van der Waals surface area (Å²) in [5.41, 5.74) is 8.37. The van der Waals surface area contributed by atoms with E-state index in [9.17, 15) is 0 Å². The molecule has 0 spiro atoms. The van der Waals surface area contributed by atoms with Crippen LogP contribution in [0.5, 0.6) is 0 Å². The van der Waals surface area contributed by atoms with Gasteiger partial charge in [-0.2, -0.15) is 0 Å². The first-order valence-electron chi connectivity index (χ1n) is 10.5. The molecule has 2 heteroatoms. The molecular formula is C26H34N2+2. The average molecular weight is 375 g/mol. The van der Waals surface area contributed by atoms with Crippen molar-refractivity contribution in [3.63, 3.8) is 0 Å². The van der Waals surface area contributed by atoms with Crippen molar-refractivity contribution in [2.24, 2.45) is 0 Å². The van der Waals surface area contributed by atoms with Gasteiger partial charge >= 0.3 is 0 Å². The first-order valence-corrected chi connectivity index (χ1v) is 10.5. The predicted molar refractivity (Wildman–Crippen MR) is 115 cm³/mol. The van der Waals surface area contributed by atoms with E-state index in [1.807, 2.05) is 0 Å². The zero-order valence-corrected chi connectivity index (χ0v) is 17.9. The molecule has 0 aliphatic heterocycles. The van der Waals surface area contributed by atoms with Crippen molar-refractivity contribution in [2.45, 2.75) is 66.5 Å². The number of pyridine rings is 2. The zero-order chi connectivity index (χ0) is 19.9. The van der Waals surface area contributed by atoms with E-state index >= 15 is 0 Å². The quantitative estimate of drug-likeness (QED) is 0.502. The molecule has 0 saturated heterocycles. The summed E-state index contributed by atoms with van der Waals surface area (Å²) in [5, 5.41) is 0. The molecule has 146 valence electrons. The molecular weight excluding hydrogens is 340 g/mol. The summed E-state index contributed by atoms with van der Waals surface area (Å²) in [5.74, 6) is 0. The lowest BCUT2D eigenvalue weighted by Gasteiger charge is -2.08. The van der Waals surface area contributed by atoms with E-state index in [1.165, 1.54) is 46.2 Å². The minimum atomic E-state index is 1.08. The highest BCUT2D eigenvalue weighted by Gasteiger charge is 2.08. The molecule has 0 radical (unpaired) electrons. The van der Waals surface area contributed by atoms with Crippen LogP contribution in [0.15, 0.2) is 61.2 Å². The summed E-state index contributed by atoms with van der Waals surface area (Å²) < 4.78 is 4.67. The lowest BCUT2D eigenvalue weighted by atomic mass is 9.99. The van der Waals surface area contributed by atoms with Crippen molar-refractivity contribution in [3.8, 4) is 0 Å². The zero-order valence-electron chi connectivity index (χ0n) is 17.9. The monoisotopic (exact) mass is 374 g/mol. The molecule has 1 aromatic carbocycles. The van der Waals surface area contributed by atoms with Gasteiger partial charge in [-0.25, -0.2) is 9.13 Å². The largest absolute Gasteiger partial charge is 0.205 e. The summed E-state index contributed by atoms with van der Waals surface area (Å²) in [7, 11) is 0. The summed E-state index contributed by atoms with van der Waals surface area (Å²) in [4.78, 5) is 0. The van der Waals surface area contributed by atoms with Crippen LogP contribution in [-0.2, 0) is 25.9 Å². The standard InChI is InChI=1S/C26H34N2/c1-21-15-22(2)18-27(17-21)13-7-11-25-9-5-6-10-26(25)12-8-14-28-19-23(3)16-24(4)20-28/h5-6,9-10,15-20H,7-8,11-14H2,1-4H3/q+2. The van der Waals surface area contributed by atoms with Gasteiger partial charge in [0, 0.05) is 35.1 Å². The second-order valence-electron chi connectivity index (χ2n) is 8.23. The van der Waals surface area contributed by atoms with Crippen LogP contribution in [0.1, 0.15) is 46.2 Å². The average Bonchev–Trinajstić information content (AvgIpc) is 2.61. The van der Waals surface area contributed by atoms with Crippen LogP contribution in [0.4, 0.5) is 0 Å². The Kier molecular flexibility index (Phi) is 6.97. The third-order valence-corrected chi connectivity index (χ3v) is 5.23. The summed E-state index contributed by atoms with van der Waals surface area (Å²) in [6, 6.07) is 13.5. The Bertz CT molecular complexity index is 810. The van der Waals surface area contributed by atoms with Crippen LogP contribution in [0.2, 0.25) is 0 Å². The Hall–Kier alpha value is -2.48. The topological polar surface area (TPSA) is 7.76 Å². The number of hydrogen-bond acceptors (Lipinski definition) is 0. The Morgan fingerprint density at radius 3 is 1.29 bits per heavy atom. The molecule has 0 bridgehead atoms. The predicted octanol–water partition coefficient (Wildman–Crippen LogP) is 4.76. The maximum Gasteiger partial charge on any atom is 0.171 e. The van der Waals surface area contributed by atoms with Crippen molar-refractivity contribution in [2.75, 3.05) is 0 Å². The molecule has 0 amide bonds. The van der Waals surface area contributed by atoms with Gasteiger partial charge in [0.05, 0.1) is 0 Å². The lowest BCUT2D eigenvalue weighted by Crippen LogP contribution is -2.34. The number of nitrogens with zero attached hydrogens (tertiary/aromatic N) is 2. The molecule has 2 heterocycles. The summed E-state index contributed by atoms with van der Waals surface area (Å²) in [6.45, 7) is 10.8. The molecule has 3 aromatic rings. The van der Waals surface area contributed by atoms with Gasteiger partial charge in [-0.3, -0.25) is 0 Å². The third-order valence-electron chi connectivity index (χ3n) is 5.23. The molecule has 0 N–H and O–H groups in total. The fourth-order valence-corrected chi connectivity index (χ4v) is 4.20. The highest BCUT2D eigenvalue weighted by molar-refractivity contribution is 5.27. The number of rotatable bonds is 8. The molecule has 3 rings (SSSR count). The molecule has 2 nitrogen and oxygen atoms in total. The molecule has 0 aliphatic carbocycles. The van der Waals surface area contributed by atoms with E-state index in [-0.39, 0.29) is 0 Å². The van der Waals surface area contributed by atoms with Gasteiger partial charge in [0.2, 0.25) is 0 Å². The Morgan fingerprint density at radius 2 is 0.929 bits per heavy atom. The number of aromatic nitrogens is 2. The van der Waals surface area contributed by atoms with Crippen LogP contribution in [0.3, 0.4) is 0 Å². The van der Waals surface area contributed by atoms with Crippen molar-refractivity contribution in [1.29, 1.82) is 0 Å². The van der Waals surface area contributed by atoms with Crippen molar-refractivity contribution < 1.29 is 9.13 Å². The van der Waals surface area contributed by atoms with Crippen molar-refractivity contribution in [1.82, 2.24) is 0 Å². The Morgan fingerprint density at radius 1 is 0.571 bits per heavy atom. The van der Waals surface area contributed by atoms with Crippen LogP contribution in [0, 0.1) is 27.7 Å². The normalized spacial score (nSPS) is 11.0. The molecule has 0 fully saturated rings. The molecule has 28 heavy (non-hydrogen) atoms. The first-order chi connectivity index (χ1) is 13.5. The maximum atomic E-state index is 2.34. The SMILES string of the molecule is Cc1cc(C)c[n+](CCCc2ccccc2CCC[n+]2cc(C)cc(C)c2)c1. The molecule has 0 aliphatic rings. The molecule has 0 atom stereocenters. The Balaban J connectivity index is 1.55. The van der Waals surface area contributed by atoms with Gasteiger partial charge in [-0.1, -0.05) is 24.3 Å². The van der Waals surface area contributed by atoms with Crippen molar-refractivity contribution in [3.05, 3.63) is 94.6 Å². The van der Waals surface area contributed by atoms with E-state index in [0.29, 0.717) is 0 Å². The minimum Gasteiger partial charge on any atom is -0.205 e. The molecule has 0 saturated carbocycles. The fraction of sp³-hybridized carbons (Fsp3) is 0.385. The van der Waals surface area contributed by atoms with Crippen LogP contribution in [0.25, 0.3) is 0 Å². The van der Waals surface area contributed by atoms with Gasteiger partial charge in [-0.05, 0) is 63.8 Å². The van der Waals surface area contributed by atoms with Crippen LogP contribution < -0.4 is 9.13 Å². The number of aryl methyl sites for hydroxylation is 8. The van der Waals surface area contributed by atoms with E-state index in [4.69, 9.17) is 0 Å². The highest BCUT2D eigenvalue weighted by Crippen LogP contribution is 2.13. The molecule has 0 unspecified atom stereocenters. The summed E-state index contributed by atoms with van der Waals surface area (Å²) >= 11 is 0. The van der Waals surface area contributed by atoms with Gasteiger partial charge in [0.15, 0.2) is 24.8 Å². The minimum absolute atomic E-state index is 1.08. The first kappa shape index (κ1) is 20.3. The van der Waals surface area contributed by atoms with Crippen LogP contribution >= 0.6 is 0 Å². The fourth-order valence-electron chi connectivity index (χ4n) is 4.20. The maximum absolute atomic E-state index is 2.34. The Labute approximate surface area is 170 Å². The van der Waals surface area contributed by atoms with Gasteiger partial charge in [0.25, 0.3) is 0 Å². The smallest absolute Gasteiger partial charge is 0.171 e. The third kappa shape index (κ3) is 6.02. The summed E-state index contributed by atoms with van der Waals surface area (Å²) in [6.07, 6.45) is 13.6. The van der Waals surface area contributed by atoms with E-state index in [1.54, 1.807) is 0 Å². The molecule has 2 aromatic heterocycles. The lowest BCUT2D eigenvalue weighted by molar-refractivity contribution is -0.698.